The fourth-order valence-electron chi connectivity index (χ4n) is 3.89. The van der Waals surface area contributed by atoms with E-state index in [-0.39, 0.29) is 0 Å². The fourth-order valence-corrected chi connectivity index (χ4v) is 3.89. The smallest absolute Gasteiger partial charge is 0.137 e. The largest absolute Gasteiger partial charge is 0.299 e. The van der Waals surface area contributed by atoms with Gasteiger partial charge in [0.2, 0.25) is 0 Å². The molecule has 3 rings (SSSR count). The van der Waals surface area contributed by atoms with E-state index in [2.05, 4.69) is 0 Å². The molecular formula is C15H20O2. The predicted molar refractivity (Wildman–Crippen MR) is 65.6 cm³/mol. The van der Waals surface area contributed by atoms with Gasteiger partial charge in [-0.05, 0) is 44.4 Å². The summed E-state index contributed by atoms with van der Waals surface area (Å²) in [6.45, 7) is 0. The van der Waals surface area contributed by atoms with E-state index >= 15 is 0 Å². The van der Waals surface area contributed by atoms with Gasteiger partial charge in [0.1, 0.15) is 11.6 Å². The molecule has 0 aromatic heterocycles. The Kier molecular flexibility index (Phi) is 2.89. The summed E-state index contributed by atoms with van der Waals surface area (Å²) >= 11 is 0. The Bertz CT molecular complexity index is 392. The van der Waals surface area contributed by atoms with Crippen molar-refractivity contribution in [3.63, 3.8) is 0 Å². The molecule has 3 aliphatic rings. The van der Waals surface area contributed by atoms with Crippen LogP contribution in [0.5, 0.6) is 0 Å². The van der Waals surface area contributed by atoms with Crippen LogP contribution in [0.4, 0.5) is 0 Å². The monoisotopic (exact) mass is 232 g/mol. The average Bonchev–Trinajstić information content (AvgIpc) is 2.75. The maximum Gasteiger partial charge on any atom is 0.137 e. The van der Waals surface area contributed by atoms with Crippen LogP contribution < -0.4 is 0 Å². The average molecular weight is 232 g/mol. The van der Waals surface area contributed by atoms with Gasteiger partial charge in [0, 0.05) is 25.2 Å². The lowest BCUT2D eigenvalue weighted by molar-refractivity contribution is -0.122. The summed E-state index contributed by atoms with van der Waals surface area (Å²) in [5, 5.41) is 0. The molecule has 0 aromatic carbocycles. The van der Waals surface area contributed by atoms with Gasteiger partial charge in [-0.2, -0.15) is 0 Å². The molecule has 0 amide bonds. The van der Waals surface area contributed by atoms with Crippen molar-refractivity contribution in [2.45, 2.75) is 57.8 Å². The molecule has 92 valence electrons. The van der Waals surface area contributed by atoms with E-state index < -0.39 is 0 Å². The second kappa shape index (κ2) is 4.40. The van der Waals surface area contributed by atoms with Crippen LogP contribution in [0.2, 0.25) is 0 Å². The van der Waals surface area contributed by atoms with Gasteiger partial charge in [-0.3, -0.25) is 9.59 Å². The van der Waals surface area contributed by atoms with Crippen molar-refractivity contribution in [3.05, 3.63) is 11.1 Å². The third-order valence-corrected chi connectivity index (χ3v) is 4.86. The van der Waals surface area contributed by atoms with E-state index in [1.165, 1.54) is 11.1 Å². The first-order chi connectivity index (χ1) is 8.24. The predicted octanol–water partition coefficient (Wildman–Crippen LogP) is 3.21. The Morgan fingerprint density at radius 3 is 2.53 bits per heavy atom. The number of Topliss-reactive ketones (excluding diaryl/α,β-unsaturated/α-hetero) is 2. The Balaban J connectivity index is 1.72. The summed E-state index contributed by atoms with van der Waals surface area (Å²) in [5.74, 6) is 1.86. The van der Waals surface area contributed by atoms with Crippen LogP contribution in [0.15, 0.2) is 11.1 Å². The quantitative estimate of drug-likeness (QED) is 0.650. The topological polar surface area (TPSA) is 34.1 Å². The summed E-state index contributed by atoms with van der Waals surface area (Å²) in [4.78, 5) is 23.2. The van der Waals surface area contributed by atoms with Crippen molar-refractivity contribution in [3.8, 4) is 0 Å². The van der Waals surface area contributed by atoms with E-state index in [1.54, 1.807) is 0 Å². The SMILES string of the molecule is O=C1CCC2=C(CCC(C3CCCC3=O)C2)C1. The number of ketones is 2. The van der Waals surface area contributed by atoms with Gasteiger partial charge in [0.15, 0.2) is 0 Å². The minimum absolute atomic E-state index is 0.349. The van der Waals surface area contributed by atoms with E-state index in [0.717, 1.165) is 51.4 Å². The van der Waals surface area contributed by atoms with Gasteiger partial charge < -0.3 is 0 Å². The molecule has 0 radical (unpaired) electrons. The van der Waals surface area contributed by atoms with Crippen molar-refractivity contribution in [2.75, 3.05) is 0 Å². The summed E-state index contributed by atoms with van der Waals surface area (Å²) in [5.41, 5.74) is 2.95. The summed E-state index contributed by atoms with van der Waals surface area (Å²) in [7, 11) is 0. The fraction of sp³-hybridized carbons (Fsp3) is 0.733. The summed E-state index contributed by atoms with van der Waals surface area (Å²) in [6, 6.07) is 0. The van der Waals surface area contributed by atoms with Crippen LogP contribution in [0.25, 0.3) is 0 Å². The van der Waals surface area contributed by atoms with Crippen LogP contribution in [-0.4, -0.2) is 11.6 Å². The zero-order chi connectivity index (χ0) is 11.8. The van der Waals surface area contributed by atoms with Crippen LogP contribution in [0, 0.1) is 11.8 Å². The Labute approximate surface area is 102 Å². The zero-order valence-corrected chi connectivity index (χ0v) is 10.3. The van der Waals surface area contributed by atoms with Gasteiger partial charge in [-0.25, -0.2) is 0 Å². The number of hydrogen-bond donors (Lipinski definition) is 0. The van der Waals surface area contributed by atoms with E-state index in [0.29, 0.717) is 29.8 Å². The molecule has 0 aromatic rings. The molecule has 0 saturated heterocycles. The van der Waals surface area contributed by atoms with E-state index in [1.807, 2.05) is 0 Å². The molecule has 1 fully saturated rings. The van der Waals surface area contributed by atoms with Crippen LogP contribution >= 0.6 is 0 Å². The molecule has 2 atom stereocenters. The van der Waals surface area contributed by atoms with Gasteiger partial charge >= 0.3 is 0 Å². The van der Waals surface area contributed by atoms with E-state index in [9.17, 15) is 9.59 Å². The number of carbonyl (C=O) groups is 2. The molecular weight excluding hydrogens is 212 g/mol. The molecule has 0 spiro atoms. The molecule has 0 aliphatic heterocycles. The van der Waals surface area contributed by atoms with Gasteiger partial charge in [0.25, 0.3) is 0 Å². The first-order valence-corrected chi connectivity index (χ1v) is 6.98. The summed E-state index contributed by atoms with van der Waals surface area (Å²) in [6.07, 6.45) is 8.79. The lowest BCUT2D eigenvalue weighted by atomic mass is 9.72. The van der Waals surface area contributed by atoms with Crippen molar-refractivity contribution in [1.29, 1.82) is 0 Å². The molecule has 1 saturated carbocycles. The maximum absolute atomic E-state index is 11.8. The molecule has 2 nitrogen and oxygen atoms in total. The van der Waals surface area contributed by atoms with E-state index in [4.69, 9.17) is 0 Å². The van der Waals surface area contributed by atoms with Crippen molar-refractivity contribution >= 4 is 11.6 Å². The van der Waals surface area contributed by atoms with Crippen molar-refractivity contribution in [2.24, 2.45) is 11.8 Å². The van der Waals surface area contributed by atoms with Crippen LogP contribution in [-0.2, 0) is 9.59 Å². The van der Waals surface area contributed by atoms with Gasteiger partial charge in [-0.15, -0.1) is 0 Å². The van der Waals surface area contributed by atoms with Crippen molar-refractivity contribution < 1.29 is 9.59 Å². The minimum Gasteiger partial charge on any atom is -0.299 e. The Hall–Kier alpha value is -0.920. The van der Waals surface area contributed by atoms with Crippen LogP contribution in [0.1, 0.15) is 57.8 Å². The molecule has 3 aliphatic carbocycles. The molecule has 2 unspecified atom stereocenters. The minimum atomic E-state index is 0.349. The lowest BCUT2D eigenvalue weighted by Gasteiger charge is -2.32. The zero-order valence-electron chi connectivity index (χ0n) is 10.3. The van der Waals surface area contributed by atoms with Gasteiger partial charge in [0.05, 0.1) is 0 Å². The van der Waals surface area contributed by atoms with Crippen LogP contribution in [0.3, 0.4) is 0 Å². The Morgan fingerprint density at radius 1 is 0.882 bits per heavy atom. The highest BCUT2D eigenvalue weighted by atomic mass is 16.1. The Morgan fingerprint density at radius 2 is 1.76 bits per heavy atom. The lowest BCUT2D eigenvalue weighted by Crippen LogP contribution is -2.25. The number of hydrogen-bond acceptors (Lipinski definition) is 2. The molecule has 0 heterocycles. The third kappa shape index (κ3) is 2.10. The normalized spacial score (nSPS) is 34.1. The maximum atomic E-state index is 11.8. The number of allylic oxidation sites excluding steroid dienone is 2. The number of rotatable bonds is 1. The highest BCUT2D eigenvalue weighted by molar-refractivity contribution is 5.84. The second-order valence-corrected chi connectivity index (χ2v) is 5.89. The highest BCUT2D eigenvalue weighted by Crippen LogP contribution is 2.43. The number of carbonyl (C=O) groups excluding carboxylic acids is 2. The molecule has 17 heavy (non-hydrogen) atoms. The first-order valence-electron chi connectivity index (χ1n) is 6.98. The van der Waals surface area contributed by atoms with Gasteiger partial charge in [-0.1, -0.05) is 11.1 Å². The standard InChI is InChI=1S/C15H20O2/c16-13-7-6-10-8-12(5-4-11(10)9-13)14-2-1-3-15(14)17/h12,14H,1-9H2. The second-order valence-electron chi connectivity index (χ2n) is 5.89. The molecule has 2 heteroatoms. The third-order valence-electron chi connectivity index (χ3n) is 4.86. The molecule has 0 N–H and O–H groups in total. The molecule has 0 bridgehead atoms. The first kappa shape index (κ1) is 11.2. The van der Waals surface area contributed by atoms with Crippen molar-refractivity contribution in [1.82, 2.24) is 0 Å². The highest BCUT2D eigenvalue weighted by Gasteiger charge is 2.35. The summed E-state index contributed by atoms with van der Waals surface area (Å²) < 4.78 is 0.